The minimum absolute atomic E-state index is 0.115. The molecule has 74 valence electrons. The largest absolute Gasteiger partial charge is 0.286 e. The standard InChI is InChI=1S/C8H18O3S/c1-4-8(2,3)6-5-7-12(9,10)11/h4-7H2,1-3H3,(H,9,10,11). The van der Waals surface area contributed by atoms with E-state index in [9.17, 15) is 8.42 Å². The van der Waals surface area contributed by atoms with Gasteiger partial charge in [0.25, 0.3) is 10.1 Å². The maximum absolute atomic E-state index is 10.4. The Balaban J connectivity index is 3.72. The fraction of sp³-hybridized carbons (Fsp3) is 1.00. The van der Waals surface area contributed by atoms with Gasteiger partial charge in [-0.05, 0) is 18.3 Å². The average Bonchev–Trinajstić information content (AvgIpc) is 1.84. The Morgan fingerprint density at radius 1 is 1.33 bits per heavy atom. The van der Waals surface area contributed by atoms with E-state index in [0.29, 0.717) is 6.42 Å². The normalized spacial score (nSPS) is 13.3. The lowest BCUT2D eigenvalue weighted by Gasteiger charge is -2.21. The Kier molecular flexibility index (Phi) is 4.20. The van der Waals surface area contributed by atoms with Crippen molar-refractivity contribution in [1.82, 2.24) is 0 Å². The molecule has 0 radical (unpaired) electrons. The molecule has 0 aromatic rings. The molecule has 0 amide bonds. The van der Waals surface area contributed by atoms with Crippen LogP contribution in [0, 0.1) is 5.41 Å². The summed E-state index contributed by atoms with van der Waals surface area (Å²) < 4.78 is 29.2. The van der Waals surface area contributed by atoms with Crippen LogP contribution in [0.4, 0.5) is 0 Å². The number of rotatable bonds is 5. The van der Waals surface area contributed by atoms with Crippen LogP contribution in [-0.4, -0.2) is 18.7 Å². The van der Waals surface area contributed by atoms with E-state index >= 15 is 0 Å². The fourth-order valence-electron chi connectivity index (χ4n) is 0.910. The lowest BCUT2D eigenvalue weighted by atomic mass is 9.86. The first-order valence-corrected chi connectivity index (χ1v) is 5.83. The van der Waals surface area contributed by atoms with Gasteiger partial charge in [-0.1, -0.05) is 27.2 Å². The molecular formula is C8H18O3S. The molecule has 0 aromatic heterocycles. The van der Waals surface area contributed by atoms with Crippen LogP contribution in [0.2, 0.25) is 0 Å². The van der Waals surface area contributed by atoms with E-state index in [4.69, 9.17) is 4.55 Å². The quantitative estimate of drug-likeness (QED) is 0.682. The van der Waals surface area contributed by atoms with Crippen LogP contribution in [-0.2, 0) is 10.1 Å². The van der Waals surface area contributed by atoms with Crippen LogP contribution in [0.15, 0.2) is 0 Å². The zero-order valence-electron chi connectivity index (χ0n) is 8.00. The van der Waals surface area contributed by atoms with Crippen LogP contribution in [0.5, 0.6) is 0 Å². The van der Waals surface area contributed by atoms with Crippen LogP contribution in [0.1, 0.15) is 40.0 Å². The topological polar surface area (TPSA) is 54.4 Å². The Hall–Kier alpha value is -0.0900. The molecule has 4 heteroatoms. The molecule has 0 saturated carbocycles. The van der Waals surface area contributed by atoms with Gasteiger partial charge < -0.3 is 0 Å². The van der Waals surface area contributed by atoms with E-state index in [0.717, 1.165) is 12.8 Å². The summed E-state index contributed by atoms with van der Waals surface area (Å²) in [4.78, 5) is 0. The van der Waals surface area contributed by atoms with E-state index < -0.39 is 10.1 Å². The molecule has 0 aliphatic rings. The second kappa shape index (κ2) is 4.23. The van der Waals surface area contributed by atoms with Gasteiger partial charge in [0.15, 0.2) is 0 Å². The minimum Gasteiger partial charge on any atom is -0.286 e. The van der Waals surface area contributed by atoms with Crippen LogP contribution >= 0.6 is 0 Å². The molecule has 0 aromatic carbocycles. The van der Waals surface area contributed by atoms with Crippen molar-refractivity contribution in [3.05, 3.63) is 0 Å². The predicted molar refractivity (Wildman–Crippen MR) is 49.7 cm³/mol. The molecule has 1 N–H and O–H groups in total. The summed E-state index contributed by atoms with van der Waals surface area (Å²) in [5, 5.41) is 0. The van der Waals surface area contributed by atoms with Crippen molar-refractivity contribution in [2.45, 2.75) is 40.0 Å². The predicted octanol–water partition coefficient (Wildman–Crippen LogP) is 2.09. The monoisotopic (exact) mass is 194 g/mol. The first kappa shape index (κ1) is 11.9. The van der Waals surface area contributed by atoms with Crippen molar-refractivity contribution >= 4 is 10.1 Å². The molecule has 0 aliphatic heterocycles. The summed E-state index contributed by atoms with van der Waals surface area (Å²) in [5.41, 5.74) is 0.185. The number of hydrogen-bond donors (Lipinski definition) is 1. The van der Waals surface area contributed by atoms with Crippen LogP contribution in [0.3, 0.4) is 0 Å². The van der Waals surface area contributed by atoms with E-state index in [-0.39, 0.29) is 11.2 Å². The second-order valence-corrected chi connectivity index (χ2v) is 5.48. The first-order valence-electron chi connectivity index (χ1n) is 4.22. The third kappa shape index (κ3) is 6.61. The van der Waals surface area contributed by atoms with Crippen LogP contribution in [0.25, 0.3) is 0 Å². The first-order chi connectivity index (χ1) is 5.27. The molecule has 0 spiro atoms. The molecule has 0 unspecified atom stereocenters. The summed E-state index contributed by atoms with van der Waals surface area (Å²) in [6, 6.07) is 0. The highest BCUT2D eigenvalue weighted by Crippen LogP contribution is 2.25. The highest BCUT2D eigenvalue weighted by molar-refractivity contribution is 7.85. The second-order valence-electron chi connectivity index (χ2n) is 3.91. The molecule has 0 fully saturated rings. The van der Waals surface area contributed by atoms with Gasteiger partial charge in [0.05, 0.1) is 5.75 Å². The summed E-state index contributed by atoms with van der Waals surface area (Å²) in [7, 11) is -3.75. The molecule has 0 aliphatic carbocycles. The third-order valence-electron chi connectivity index (χ3n) is 2.21. The van der Waals surface area contributed by atoms with Gasteiger partial charge in [-0.15, -0.1) is 0 Å². The van der Waals surface area contributed by atoms with Gasteiger partial charge in [0.1, 0.15) is 0 Å². The molecular weight excluding hydrogens is 176 g/mol. The summed E-state index contributed by atoms with van der Waals surface area (Å²) in [6.45, 7) is 6.27. The van der Waals surface area contributed by atoms with E-state index in [1.54, 1.807) is 0 Å². The summed E-state index contributed by atoms with van der Waals surface area (Å²) in [6.07, 6.45) is 2.40. The smallest absolute Gasteiger partial charge is 0.264 e. The van der Waals surface area contributed by atoms with Gasteiger partial charge >= 0.3 is 0 Å². The van der Waals surface area contributed by atoms with E-state index in [1.165, 1.54) is 0 Å². The molecule has 0 bridgehead atoms. The molecule has 0 rings (SSSR count). The SMILES string of the molecule is CCC(C)(C)CCCS(=O)(=O)O. The van der Waals surface area contributed by atoms with E-state index in [2.05, 4.69) is 20.8 Å². The Bertz CT molecular complexity index is 216. The van der Waals surface area contributed by atoms with Crippen molar-refractivity contribution in [3.63, 3.8) is 0 Å². The molecule has 12 heavy (non-hydrogen) atoms. The Morgan fingerprint density at radius 3 is 2.17 bits per heavy atom. The average molecular weight is 194 g/mol. The van der Waals surface area contributed by atoms with Crippen molar-refractivity contribution in [1.29, 1.82) is 0 Å². The van der Waals surface area contributed by atoms with Gasteiger partial charge in [-0.2, -0.15) is 8.42 Å². The number of hydrogen-bond acceptors (Lipinski definition) is 2. The van der Waals surface area contributed by atoms with Crippen molar-refractivity contribution in [3.8, 4) is 0 Å². The van der Waals surface area contributed by atoms with Crippen molar-refractivity contribution in [2.75, 3.05) is 5.75 Å². The molecule has 0 heterocycles. The van der Waals surface area contributed by atoms with Gasteiger partial charge in [-0.25, -0.2) is 0 Å². The van der Waals surface area contributed by atoms with E-state index in [1.807, 2.05) is 0 Å². The fourth-order valence-corrected chi connectivity index (χ4v) is 1.42. The summed E-state index contributed by atoms with van der Waals surface area (Å²) >= 11 is 0. The van der Waals surface area contributed by atoms with Gasteiger partial charge in [0, 0.05) is 0 Å². The maximum Gasteiger partial charge on any atom is 0.264 e. The zero-order valence-corrected chi connectivity index (χ0v) is 8.82. The van der Waals surface area contributed by atoms with Gasteiger partial charge in [-0.3, -0.25) is 4.55 Å². The maximum atomic E-state index is 10.4. The molecule has 0 saturated heterocycles. The van der Waals surface area contributed by atoms with Crippen molar-refractivity contribution < 1.29 is 13.0 Å². The summed E-state index contributed by atoms with van der Waals surface area (Å²) in [5.74, 6) is -0.115. The van der Waals surface area contributed by atoms with Gasteiger partial charge in [0.2, 0.25) is 0 Å². The minimum atomic E-state index is -3.75. The highest BCUT2D eigenvalue weighted by atomic mass is 32.2. The lowest BCUT2D eigenvalue weighted by Crippen LogP contribution is -2.12. The zero-order chi connectivity index (χ0) is 9.83. The lowest BCUT2D eigenvalue weighted by molar-refractivity contribution is 0.318. The third-order valence-corrected chi connectivity index (χ3v) is 3.02. The molecule has 0 atom stereocenters. The Labute approximate surface area is 74.9 Å². The Morgan fingerprint density at radius 2 is 1.83 bits per heavy atom. The highest BCUT2D eigenvalue weighted by Gasteiger charge is 2.15. The van der Waals surface area contributed by atoms with Crippen molar-refractivity contribution in [2.24, 2.45) is 5.41 Å². The molecule has 3 nitrogen and oxygen atoms in total. The van der Waals surface area contributed by atoms with Crippen LogP contribution < -0.4 is 0 Å².